The summed E-state index contributed by atoms with van der Waals surface area (Å²) in [6.07, 6.45) is 2.89. The highest BCUT2D eigenvalue weighted by molar-refractivity contribution is 5.20. The number of nitrogens with one attached hydrogen (secondary N) is 1. The molecule has 0 bridgehead atoms. The monoisotopic (exact) mass is 270 g/mol. The van der Waals surface area contributed by atoms with Gasteiger partial charge in [-0.15, -0.1) is 0 Å². The Bertz CT molecular complexity index is 499. The topological polar surface area (TPSA) is 45.1 Å². The fourth-order valence-electron chi connectivity index (χ4n) is 2.33. The van der Waals surface area contributed by atoms with Crippen LogP contribution in [0.1, 0.15) is 37.1 Å². The van der Waals surface area contributed by atoms with Crippen molar-refractivity contribution in [3.8, 4) is 0 Å². The van der Waals surface area contributed by atoms with Gasteiger partial charge in [-0.05, 0) is 17.5 Å². The molecule has 106 valence electrons. The summed E-state index contributed by atoms with van der Waals surface area (Å²) in [6, 6.07) is 14.3. The number of benzene rings is 1. The van der Waals surface area contributed by atoms with E-state index in [1.807, 2.05) is 30.3 Å². The highest BCUT2D eigenvalue weighted by atomic mass is 16.3. The smallest absolute Gasteiger partial charge is 0.0929 e. The molecule has 0 saturated heterocycles. The minimum absolute atomic E-state index is 0.238. The molecule has 0 aliphatic carbocycles. The first-order valence-electron chi connectivity index (χ1n) is 7.05. The van der Waals surface area contributed by atoms with Crippen LogP contribution in [-0.4, -0.2) is 16.6 Å². The molecule has 1 aromatic carbocycles. The summed E-state index contributed by atoms with van der Waals surface area (Å²) in [5.41, 5.74) is 2.09. The van der Waals surface area contributed by atoms with Crippen LogP contribution in [0, 0.1) is 5.92 Å². The molecular formula is C17H22N2O. The maximum Gasteiger partial charge on any atom is 0.0929 e. The summed E-state index contributed by atoms with van der Waals surface area (Å²) in [6.45, 7) is 4.88. The average molecular weight is 270 g/mol. The van der Waals surface area contributed by atoms with Gasteiger partial charge in [0.2, 0.25) is 0 Å². The lowest BCUT2D eigenvalue weighted by atomic mass is 9.95. The molecule has 2 rings (SSSR count). The van der Waals surface area contributed by atoms with E-state index in [1.165, 1.54) is 5.56 Å². The van der Waals surface area contributed by atoms with E-state index in [-0.39, 0.29) is 6.04 Å². The first kappa shape index (κ1) is 14.7. The number of hydrogen-bond acceptors (Lipinski definition) is 3. The Morgan fingerprint density at radius 1 is 1.05 bits per heavy atom. The average Bonchev–Trinajstić information content (AvgIpc) is 2.49. The van der Waals surface area contributed by atoms with E-state index in [4.69, 9.17) is 0 Å². The Morgan fingerprint density at radius 3 is 2.35 bits per heavy atom. The Morgan fingerprint density at radius 2 is 1.75 bits per heavy atom. The molecule has 2 aromatic rings. The molecule has 0 saturated carbocycles. The van der Waals surface area contributed by atoms with Gasteiger partial charge in [0, 0.05) is 30.5 Å². The van der Waals surface area contributed by atoms with Gasteiger partial charge in [0.05, 0.1) is 6.10 Å². The lowest BCUT2D eigenvalue weighted by Crippen LogP contribution is -2.29. The van der Waals surface area contributed by atoms with Gasteiger partial charge in [0.1, 0.15) is 0 Å². The van der Waals surface area contributed by atoms with Gasteiger partial charge in [0.15, 0.2) is 0 Å². The number of rotatable bonds is 6. The number of pyridine rings is 1. The van der Waals surface area contributed by atoms with Crippen molar-refractivity contribution < 1.29 is 5.11 Å². The zero-order valence-corrected chi connectivity index (χ0v) is 12.0. The lowest BCUT2D eigenvalue weighted by Gasteiger charge is -2.24. The molecule has 0 spiro atoms. The van der Waals surface area contributed by atoms with Crippen molar-refractivity contribution in [3.63, 3.8) is 0 Å². The first-order chi connectivity index (χ1) is 9.68. The molecule has 0 aliphatic rings. The Kier molecular flexibility index (Phi) is 5.27. The summed E-state index contributed by atoms with van der Waals surface area (Å²) < 4.78 is 0. The van der Waals surface area contributed by atoms with Gasteiger partial charge < -0.3 is 10.4 Å². The summed E-state index contributed by atoms with van der Waals surface area (Å²) in [7, 11) is 0. The van der Waals surface area contributed by atoms with Crippen LogP contribution in [0.2, 0.25) is 0 Å². The van der Waals surface area contributed by atoms with Crippen molar-refractivity contribution in [1.29, 1.82) is 0 Å². The van der Waals surface area contributed by atoms with E-state index in [0.717, 1.165) is 5.56 Å². The molecule has 1 aromatic heterocycles. The van der Waals surface area contributed by atoms with Gasteiger partial charge >= 0.3 is 0 Å². The van der Waals surface area contributed by atoms with Crippen molar-refractivity contribution in [2.75, 3.05) is 6.54 Å². The standard InChI is InChI=1S/C17H22N2O/c1-13(2)17(14-7-4-3-5-8-14)19-12-16(20)15-9-6-10-18-11-15/h3-11,13,16-17,19-20H,12H2,1-2H3/t16-,17+/m0/s1. The van der Waals surface area contributed by atoms with Crippen molar-refractivity contribution in [3.05, 3.63) is 66.0 Å². The van der Waals surface area contributed by atoms with Crippen molar-refractivity contribution in [1.82, 2.24) is 10.3 Å². The highest BCUT2D eigenvalue weighted by Crippen LogP contribution is 2.22. The molecule has 0 fully saturated rings. The predicted octanol–water partition coefficient (Wildman–Crippen LogP) is 3.10. The van der Waals surface area contributed by atoms with Crippen LogP contribution in [0.25, 0.3) is 0 Å². The molecular weight excluding hydrogens is 248 g/mol. The quantitative estimate of drug-likeness (QED) is 0.848. The minimum Gasteiger partial charge on any atom is -0.387 e. The zero-order chi connectivity index (χ0) is 14.4. The molecule has 3 nitrogen and oxygen atoms in total. The van der Waals surface area contributed by atoms with Crippen LogP contribution in [0.4, 0.5) is 0 Å². The number of aromatic nitrogens is 1. The van der Waals surface area contributed by atoms with Crippen LogP contribution in [0.5, 0.6) is 0 Å². The Labute approximate surface area is 120 Å². The fourth-order valence-corrected chi connectivity index (χ4v) is 2.33. The minimum atomic E-state index is -0.534. The second kappa shape index (κ2) is 7.17. The van der Waals surface area contributed by atoms with Crippen LogP contribution < -0.4 is 5.32 Å². The molecule has 20 heavy (non-hydrogen) atoms. The van der Waals surface area contributed by atoms with E-state index in [9.17, 15) is 5.11 Å². The van der Waals surface area contributed by atoms with Crippen LogP contribution >= 0.6 is 0 Å². The van der Waals surface area contributed by atoms with E-state index < -0.39 is 6.10 Å². The normalized spacial score (nSPS) is 14.2. The van der Waals surface area contributed by atoms with Gasteiger partial charge in [-0.25, -0.2) is 0 Å². The van der Waals surface area contributed by atoms with Crippen LogP contribution in [-0.2, 0) is 0 Å². The summed E-state index contributed by atoms with van der Waals surface area (Å²) in [4.78, 5) is 4.04. The van der Waals surface area contributed by atoms with E-state index in [2.05, 4.69) is 36.3 Å². The first-order valence-corrected chi connectivity index (χ1v) is 7.05. The van der Waals surface area contributed by atoms with Gasteiger partial charge in [-0.2, -0.15) is 0 Å². The maximum absolute atomic E-state index is 10.2. The van der Waals surface area contributed by atoms with Crippen molar-refractivity contribution >= 4 is 0 Å². The van der Waals surface area contributed by atoms with Crippen molar-refractivity contribution in [2.24, 2.45) is 5.92 Å². The molecule has 3 heteroatoms. The third-order valence-electron chi connectivity index (χ3n) is 3.43. The highest BCUT2D eigenvalue weighted by Gasteiger charge is 2.17. The third-order valence-corrected chi connectivity index (χ3v) is 3.43. The van der Waals surface area contributed by atoms with Gasteiger partial charge in [-0.3, -0.25) is 4.98 Å². The molecule has 2 atom stereocenters. The van der Waals surface area contributed by atoms with Crippen LogP contribution in [0.3, 0.4) is 0 Å². The van der Waals surface area contributed by atoms with E-state index in [0.29, 0.717) is 12.5 Å². The largest absolute Gasteiger partial charge is 0.387 e. The van der Waals surface area contributed by atoms with Crippen LogP contribution in [0.15, 0.2) is 54.9 Å². The lowest BCUT2D eigenvalue weighted by molar-refractivity contribution is 0.165. The Hall–Kier alpha value is -1.71. The Balaban J connectivity index is 2.00. The fraction of sp³-hybridized carbons (Fsp3) is 0.353. The summed E-state index contributed by atoms with van der Waals surface area (Å²) in [5, 5.41) is 13.7. The molecule has 0 amide bonds. The van der Waals surface area contributed by atoms with E-state index >= 15 is 0 Å². The molecule has 0 unspecified atom stereocenters. The summed E-state index contributed by atoms with van der Waals surface area (Å²) >= 11 is 0. The van der Waals surface area contributed by atoms with Gasteiger partial charge in [-0.1, -0.05) is 50.2 Å². The number of aliphatic hydroxyl groups is 1. The molecule has 2 N–H and O–H groups in total. The number of hydrogen-bond donors (Lipinski definition) is 2. The number of nitrogens with zero attached hydrogens (tertiary/aromatic N) is 1. The zero-order valence-electron chi connectivity index (χ0n) is 12.0. The molecule has 0 aliphatic heterocycles. The summed E-state index contributed by atoms with van der Waals surface area (Å²) in [5.74, 6) is 0.457. The SMILES string of the molecule is CC(C)[C@@H](NC[C@H](O)c1cccnc1)c1ccccc1. The molecule has 1 heterocycles. The number of aliphatic hydroxyl groups excluding tert-OH is 1. The second-order valence-corrected chi connectivity index (χ2v) is 5.34. The second-order valence-electron chi connectivity index (χ2n) is 5.34. The van der Waals surface area contributed by atoms with E-state index in [1.54, 1.807) is 12.4 Å². The molecule has 0 radical (unpaired) electrons. The maximum atomic E-state index is 10.2. The van der Waals surface area contributed by atoms with Gasteiger partial charge in [0.25, 0.3) is 0 Å². The van der Waals surface area contributed by atoms with Crippen molar-refractivity contribution in [2.45, 2.75) is 26.0 Å². The third kappa shape index (κ3) is 3.89. The predicted molar refractivity (Wildman–Crippen MR) is 81.2 cm³/mol.